The molecule has 1 heterocycles. The number of H-pyrrole nitrogens is 1. The fraction of sp³-hybridized carbons (Fsp3) is 0.500. The summed E-state index contributed by atoms with van der Waals surface area (Å²) in [6, 6.07) is 6.65. The SMILES string of the molecule is CCCCCCc1ccc2[nH]cc(CCO)c2c1. The van der Waals surface area contributed by atoms with Crippen molar-refractivity contribution in [3.05, 3.63) is 35.5 Å². The van der Waals surface area contributed by atoms with Gasteiger partial charge in [-0.2, -0.15) is 0 Å². The van der Waals surface area contributed by atoms with Crippen LogP contribution in [0, 0.1) is 0 Å². The molecule has 1 aromatic carbocycles. The second-order valence-electron chi connectivity index (χ2n) is 4.98. The van der Waals surface area contributed by atoms with Gasteiger partial charge in [0.25, 0.3) is 0 Å². The molecule has 0 saturated carbocycles. The summed E-state index contributed by atoms with van der Waals surface area (Å²) in [5.41, 5.74) is 3.82. The molecule has 2 aromatic rings. The Labute approximate surface area is 109 Å². The lowest BCUT2D eigenvalue weighted by molar-refractivity contribution is 0.300. The molecule has 0 saturated heterocycles. The van der Waals surface area contributed by atoms with Gasteiger partial charge in [-0.3, -0.25) is 0 Å². The van der Waals surface area contributed by atoms with Crippen LogP contribution in [-0.2, 0) is 12.8 Å². The summed E-state index contributed by atoms with van der Waals surface area (Å²) in [6.45, 7) is 2.46. The Balaban J connectivity index is 2.07. The number of aliphatic hydroxyl groups is 1. The van der Waals surface area contributed by atoms with Gasteiger partial charge in [0.2, 0.25) is 0 Å². The zero-order valence-corrected chi connectivity index (χ0v) is 11.2. The Morgan fingerprint density at radius 2 is 2.00 bits per heavy atom. The zero-order chi connectivity index (χ0) is 12.8. The Kier molecular flexibility index (Phi) is 4.82. The van der Waals surface area contributed by atoms with Gasteiger partial charge in [-0.1, -0.05) is 32.3 Å². The second-order valence-corrected chi connectivity index (χ2v) is 4.98. The number of hydrogen-bond donors (Lipinski definition) is 2. The van der Waals surface area contributed by atoms with Crippen molar-refractivity contribution in [1.29, 1.82) is 0 Å². The van der Waals surface area contributed by atoms with E-state index >= 15 is 0 Å². The molecular weight excluding hydrogens is 222 g/mol. The minimum atomic E-state index is 0.216. The number of aromatic amines is 1. The highest BCUT2D eigenvalue weighted by Crippen LogP contribution is 2.21. The predicted molar refractivity (Wildman–Crippen MR) is 76.9 cm³/mol. The Hall–Kier alpha value is -1.28. The third kappa shape index (κ3) is 3.14. The van der Waals surface area contributed by atoms with Crippen LogP contribution >= 0.6 is 0 Å². The third-order valence-corrected chi connectivity index (χ3v) is 3.53. The van der Waals surface area contributed by atoms with E-state index < -0.39 is 0 Å². The maximum Gasteiger partial charge on any atom is 0.0472 e. The summed E-state index contributed by atoms with van der Waals surface area (Å²) in [6.07, 6.45) is 9.14. The highest BCUT2D eigenvalue weighted by molar-refractivity contribution is 5.83. The average Bonchev–Trinajstić information content (AvgIpc) is 2.78. The van der Waals surface area contributed by atoms with Crippen molar-refractivity contribution in [2.45, 2.75) is 45.4 Å². The zero-order valence-electron chi connectivity index (χ0n) is 11.2. The smallest absolute Gasteiger partial charge is 0.0472 e. The van der Waals surface area contributed by atoms with E-state index in [2.05, 4.69) is 30.1 Å². The van der Waals surface area contributed by atoms with E-state index in [1.807, 2.05) is 6.20 Å². The number of fused-ring (bicyclic) bond motifs is 1. The molecule has 2 nitrogen and oxygen atoms in total. The molecule has 0 aliphatic rings. The molecule has 0 atom stereocenters. The lowest BCUT2D eigenvalue weighted by atomic mass is 10.0. The molecule has 0 unspecified atom stereocenters. The molecule has 2 N–H and O–H groups in total. The molecule has 0 spiro atoms. The van der Waals surface area contributed by atoms with Crippen LogP contribution in [0.3, 0.4) is 0 Å². The van der Waals surface area contributed by atoms with Crippen LogP contribution in [0.1, 0.15) is 43.7 Å². The van der Waals surface area contributed by atoms with Gasteiger partial charge in [-0.15, -0.1) is 0 Å². The van der Waals surface area contributed by atoms with E-state index in [0.717, 1.165) is 6.42 Å². The van der Waals surface area contributed by atoms with Gasteiger partial charge in [0.1, 0.15) is 0 Å². The van der Waals surface area contributed by atoms with Crippen LogP contribution in [-0.4, -0.2) is 16.7 Å². The van der Waals surface area contributed by atoms with Crippen LogP contribution in [0.5, 0.6) is 0 Å². The monoisotopic (exact) mass is 245 g/mol. The number of benzene rings is 1. The van der Waals surface area contributed by atoms with Crippen molar-refractivity contribution < 1.29 is 5.11 Å². The first-order chi connectivity index (χ1) is 8.85. The third-order valence-electron chi connectivity index (χ3n) is 3.53. The summed E-state index contributed by atoms with van der Waals surface area (Å²) < 4.78 is 0. The van der Waals surface area contributed by atoms with Crippen molar-refractivity contribution >= 4 is 10.9 Å². The molecule has 98 valence electrons. The number of aryl methyl sites for hydroxylation is 1. The van der Waals surface area contributed by atoms with Crippen LogP contribution in [0.25, 0.3) is 10.9 Å². The van der Waals surface area contributed by atoms with Crippen molar-refractivity contribution in [3.63, 3.8) is 0 Å². The van der Waals surface area contributed by atoms with Gasteiger partial charge in [-0.25, -0.2) is 0 Å². The van der Waals surface area contributed by atoms with E-state index in [1.54, 1.807) is 0 Å². The molecule has 0 bridgehead atoms. The number of aromatic nitrogens is 1. The quantitative estimate of drug-likeness (QED) is 0.715. The van der Waals surface area contributed by atoms with E-state index in [0.29, 0.717) is 0 Å². The van der Waals surface area contributed by atoms with Gasteiger partial charge >= 0.3 is 0 Å². The van der Waals surface area contributed by atoms with E-state index in [4.69, 9.17) is 5.11 Å². The first-order valence-electron chi connectivity index (χ1n) is 7.05. The predicted octanol–water partition coefficient (Wildman–Crippen LogP) is 3.83. The highest BCUT2D eigenvalue weighted by Gasteiger charge is 2.04. The molecule has 0 amide bonds. The van der Waals surface area contributed by atoms with Gasteiger partial charge in [0.05, 0.1) is 0 Å². The normalized spacial score (nSPS) is 11.2. The summed E-state index contributed by atoms with van der Waals surface area (Å²) in [4.78, 5) is 3.27. The Bertz CT molecular complexity index is 487. The Morgan fingerprint density at radius 1 is 1.11 bits per heavy atom. The van der Waals surface area contributed by atoms with Crippen molar-refractivity contribution in [3.8, 4) is 0 Å². The van der Waals surface area contributed by atoms with Gasteiger partial charge < -0.3 is 10.1 Å². The minimum Gasteiger partial charge on any atom is -0.396 e. The van der Waals surface area contributed by atoms with Crippen LogP contribution in [0.4, 0.5) is 0 Å². The van der Waals surface area contributed by atoms with Crippen LogP contribution in [0.2, 0.25) is 0 Å². The molecular formula is C16H23NO. The standard InChI is InChI=1S/C16H23NO/c1-2-3-4-5-6-13-7-8-16-15(11-13)14(9-10-18)12-17-16/h7-8,11-12,17-18H,2-6,9-10H2,1H3. The number of hydrogen-bond acceptors (Lipinski definition) is 1. The topological polar surface area (TPSA) is 36.0 Å². The molecule has 0 aliphatic carbocycles. The van der Waals surface area contributed by atoms with Gasteiger partial charge in [0.15, 0.2) is 0 Å². The van der Waals surface area contributed by atoms with Crippen LogP contribution in [0.15, 0.2) is 24.4 Å². The van der Waals surface area contributed by atoms with Gasteiger partial charge in [-0.05, 0) is 42.5 Å². The van der Waals surface area contributed by atoms with Gasteiger partial charge in [0, 0.05) is 23.7 Å². The van der Waals surface area contributed by atoms with Crippen molar-refractivity contribution in [1.82, 2.24) is 4.98 Å². The largest absolute Gasteiger partial charge is 0.396 e. The number of nitrogens with one attached hydrogen (secondary N) is 1. The lowest BCUT2D eigenvalue weighted by Crippen LogP contribution is -1.90. The molecule has 18 heavy (non-hydrogen) atoms. The molecule has 0 radical (unpaired) electrons. The van der Waals surface area contributed by atoms with Crippen LogP contribution < -0.4 is 0 Å². The van der Waals surface area contributed by atoms with Crippen molar-refractivity contribution in [2.24, 2.45) is 0 Å². The fourth-order valence-corrected chi connectivity index (χ4v) is 2.46. The molecule has 2 rings (SSSR count). The maximum absolute atomic E-state index is 9.05. The fourth-order valence-electron chi connectivity index (χ4n) is 2.46. The summed E-state index contributed by atoms with van der Waals surface area (Å²) in [5, 5.41) is 10.3. The molecule has 0 fully saturated rings. The highest BCUT2D eigenvalue weighted by atomic mass is 16.2. The Morgan fingerprint density at radius 3 is 2.78 bits per heavy atom. The summed E-state index contributed by atoms with van der Waals surface area (Å²) >= 11 is 0. The van der Waals surface area contributed by atoms with E-state index in [9.17, 15) is 0 Å². The first kappa shape index (κ1) is 13.2. The first-order valence-corrected chi connectivity index (χ1v) is 7.05. The summed E-state index contributed by atoms with van der Waals surface area (Å²) in [7, 11) is 0. The molecule has 1 aromatic heterocycles. The minimum absolute atomic E-state index is 0.216. The number of rotatable bonds is 7. The molecule has 2 heteroatoms. The van der Waals surface area contributed by atoms with Crippen molar-refractivity contribution in [2.75, 3.05) is 6.61 Å². The lowest BCUT2D eigenvalue weighted by Gasteiger charge is -2.03. The van der Waals surface area contributed by atoms with E-state index in [1.165, 1.54) is 54.1 Å². The average molecular weight is 245 g/mol. The summed E-state index contributed by atoms with van der Waals surface area (Å²) in [5.74, 6) is 0. The molecule has 0 aliphatic heterocycles. The number of aliphatic hydroxyl groups excluding tert-OH is 1. The van der Waals surface area contributed by atoms with E-state index in [-0.39, 0.29) is 6.61 Å². The maximum atomic E-state index is 9.05. The second kappa shape index (κ2) is 6.60. The number of unbranched alkanes of at least 4 members (excludes halogenated alkanes) is 3.